The summed E-state index contributed by atoms with van der Waals surface area (Å²) in [6.07, 6.45) is -0.961. The Hall–Kier alpha value is -5.42. The summed E-state index contributed by atoms with van der Waals surface area (Å²) in [5.41, 5.74) is 1.68. The van der Waals surface area contributed by atoms with Gasteiger partial charge < -0.3 is 59.1 Å². The number of aliphatic hydroxyl groups is 2. The molecule has 7 N–H and O–H groups in total. The van der Waals surface area contributed by atoms with Gasteiger partial charge in [0.1, 0.15) is 36.9 Å². The molecule has 0 bridgehead atoms. The fourth-order valence-corrected chi connectivity index (χ4v) is 18.2. The third kappa shape index (κ3) is 9.12. The fourth-order valence-electron chi connectivity index (χ4n) is 9.14. The molecule has 5 aliphatic rings. The van der Waals surface area contributed by atoms with Gasteiger partial charge in [-0.15, -0.1) is 68.9 Å². The van der Waals surface area contributed by atoms with Crippen LogP contribution in [0.15, 0.2) is 81.4 Å². The van der Waals surface area contributed by atoms with E-state index in [1.807, 2.05) is 20.8 Å². The van der Waals surface area contributed by atoms with Gasteiger partial charge in [-0.3, -0.25) is 4.55 Å². The Balaban J connectivity index is 0.963. The lowest BCUT2D eigenvalue weighted by Gasteiger charge is -2.24. The molecule has 5 aliphatic heterocycles. The number of hydrogen-bond donors (Lipinski definition) is 7. The Morgan fingerprint density at radius 1 is 0.587 bits per heavy atom. The van der Waals surface area contributed by atoms with Gasteiger partial charge in [-0.1, -0.05) is 38.1 Å². The number of aryl methyl sites for hydroxylation is 2. The van der Waals surface area contributed by atoms with Crippen molar-refractivity contribution >= 4 is 98.9 Å². The smallest absolute Gasteiger partial charge is 0.300 e. The molecular formula is C49H44O18S8. The first-order valence-electron chi connectivity index (χ1n) is 22.9. The maximum Gasteiger partial charge on any atom is 0.300 e. The summed E-state index contributed by atoms with van der Waals surface area (Å²) in [5.74, 6) is -0.982. The quantitative estimate of drug-likeness (QED) is 0.0497. The maximum absolute atomic E-state index is 14.0. The molecule has 2 aromatic carbocycles. The Labute approximate surface area is 452 Å². The molecule has 0 saturated heterocycles. The zero-order valence-corrected chi connectivity index (χ0v) is 46.2. The molecule has 0 saturated carbocycles. The van der Waals surface area contributed by atoms with E-state index >= 15 is 0 Å². The third-order valence-corrected chi connectivity index (χ3v) is 23.1. The predicted molar refractivity (Wildman–Crippen MR) is 282 cm³/mol. The molecule has 0 fully saturated rings. The Morgan fingerprint density at radius 2 is 1.17 bits per heavy atom. The number of thioether (sulfide) groups is 2. The lowest BCUT2D eigenvalue weighted by Crippen LogP contribution is -2.34. The monoisotopic (exact) mass is 1180 g/mol. The summed E-state index contributed by atoms with van der Waals surface area (Å²) in [4.78, 5) is 2.47. The lowest BCUT2D eigenvalue weighted by molar-refractivity contribution is -0.0439. The van der Waals surface area contributed by atoms with Crippen molar-refractivity contribution in [3.8, 4) is 46.0 Å². The van der Waals surface area contributed by atoms with Gasteiger partial charge in [0, 0.05) is 9.75 Å². The summed E-state index contributed by atoms with van der Waals surface area (Å²) in [6.45, 7) is 8.02. The van der Waals surface area contributed by atoms with Crippen molar-refractivity contribution in [1.82, 2.24) is 0 Å². The number of fused-ring (bicyclic) bond motifs is 2. The van der Waals surface area contributed by atoms with Crippen LogP contribution >= 0.6 is 68.9 Å². The first kappa shape index (κ1) is 51.7. The van der Waals surface area contributed by atoms with E-state index < -0.39 is 60.9 Å². The lowest BCUT2D eigenvalue weighted by atomic mass is 9.87. The molecule has 0 amide bonds. The van der Waals surface area contributed by atoms with Crippen LogP contribution in [0, 0.1) is 22.9 Å². The molecule has 0 spiro atoms. The highest BCUT2D eigenvalue weighted by Gasteiger charge is 2.43. The number of benzene rings is 2. The summed E-state index contributed by atoms with van der Waals surface area (Å²) in [7, 11) is -8.87. The first-order chi connectivity index (χ1) is 35.7. The highest BCUT2D eigenvalue weighted by atomic mass is 32.2. The second kappa shape index (κ2) is 19.5. The topological polar surface area (TPSA) is 274 Å². The summed E-state index contributed by atoms with van der Waals surface area (Å²) in [6, 6.07) is 12.1. The molecule has 5 unspecified atom stereocenters. The minimum Gasteiger partial charge on any atom is -0.507 e. The molecule has 26 heteroatoms. The van der Waals surface area contributed by atoms with E-state index in [2.05, 4.69) is 0 Å². The van der Waals surface area contributed by atoms with Crippen LogP contribution in [0.1, 0.15) is 73.2 Å². The summed E-state index contributed by atoms with van der Waals surface area (Å²) >= 11 is 6.74. The van der Waals surface area contributed by atoms with Crippen LogP contribution in [0.4, 0.5) is 0 Å². The zero-order chi connectivity index (χ0) is 53.0. The van der Waals surface area contributed by atoms with Crippen LogP contribution in [0.2, 0.25) is 0 Å². The second-order valence-electron chi connectivity index (χ2n) is 17.8. The van der Waals surface area contributed by atoms with E-state index in [0.717, 1.165) is 50.4 Å². The van der Waals surface area contributed by atoms with E-state index in [1.165, 1.54) is 58.7 Å². The summed E-state index contributed by atoms with van der Waals surface area (Å²) < 4.78 is 103. The SMILES string of the molecule is Cc1sc(C2S/C(=c3/s/c(=c4/s/c(=C5/SC(c6sc(C)c7c6OCCO7)C(O)=C5O)c5c4OC(OS(=O)(=O)c4ccc(C(C)CC(C)c6ccc(S(=O)(=O)O)cc6)cc4)CO5)c(O)c3O)C3=C2OCCO3)c(O)c1O. The van der Waals surface area contributed by atoms with Gasteiger partial charge in [0.15, 0.2) is 75.6 Å². The number of aromatic hydroxyl groups is 4. The van der Waals surface area contributed by atoms with E-state index in [-0.39, 0.29) is 99.0 Å². The van der Waals surface area contributed by atoms with Crippen molar-refractivity contribution in [2.75, 3.05) is 33.0 Å². The average Bonchev–Trinajstić information content (AvgIpc) is 4.23. The molecule has 9 heterocycles. The number of rotatable bonds is 10. The molecule has 11 rings (SSSR count). The number of ether oxygens (including phenoxy) is 6. The van der Waals surface area contributed by atoms with Crippen LogP contribution in [0.3, 0.4) is 0 Å². The molecule has 5 atom stereocenters. The Kier molecular flexibility index (Phi) is 13.5. The molecule has 6 aromatic rings. The number of hydrogen-bond acceptors (Lipinski definition) is 23. The standard InChI is InChI=1S/C49H44O18S8/c1-19(23-5-9-25(10-6-23)74(56,57)58)17-20(2)24-7-11-26(12-8-24)75(59,60)67-27-18-65-38-39(66-27)49(73-48(38)43-31(53)30(52)41(70-43)45-35-34(22(4)69-45)61-13-14-62-35)44-33(55)32(54)42(71-44)47-37-36(63-15-16-64-37)46(72-47)40-29(51)28(50)21(3)68-40/h5-12,19-20,27,41,46,50-55H,13-18H2,1-4H3,(H,56,57,58)/b47-42+,48-43+,49-44+. The third-order valence-electron chi connectivity index (χ3n) is 12.9. The average molecular weight is 1180 g/mol. The largest absolute Gasteiger partial charge is 0.507 e. The fraction of sp³-hybridized carbons (Fsp3) is 0.306. The number of thiophene rings is 4. The molecule has 75 heavy (non-hydrogen) atoms. The normalized spacial score (nSPS) is 22.2. The molecule has 18 nitrogen and oxygen atoms in total. The van der Waals surface area contributed by atoms with Crippen molar-refractivity contribution in [2.24, 2.45) is 0 Å². The molecule has 0 aliphatic carbocycles. The maximum atomic E-state index is 14.0. The predicted octanol–water partition coefficient (Wildman–Crippen LogP) is 9.26. The van der Waals surface area contributed by atoms with Gasteiger partial charge in [-0.05, 0) is 67.5 Å². The molecule has 0 radical (unpaired) electrons. The van der Waals surface area contributed by atoms with Crippen molar-refractivity contribution in [2.45, 2.75) is 72.5 Å². The van der Waals surface area contributed by atoms with Crippen molar-refractivity contribution in [3.05, 3.63) is 120 Å². The van der Waals surface area contributed by atoms with E-state index in [1.54, 1.807) is 31.2 Å². The second-order valence-corrected chi connectivity index (χ2v) is 27.6. The van der Waals surface area contributed by atoms with Crippen molar-refractivity contribution in [1.29, 1.82) is 0 Å². The van der Waals surface area contributed by atoms with Gasteiger partial charge in [-0.25, -0.2) is 4.18 Å². The van der Waals surface area contributed by atoms with Crippen LogP contribution in [-0.2, 0) is 33.9 Å². The highest BCUT2D eigenvalue weighted by molar-refractivity contribution is 8.09. The zero-order valence-electron chi connectivity index (χ0n) is 39.6. The van der Waals surface area contributed by atoms with Gasteiger partial charge in [-0.2, -0.15) is 16.8 Å². The minimum absolute atomic E-state index is 0.0199. The van der Waals surface area contributed by atoms with Gasteiger partial charge in [0.05, 0.1) is 47.5 Å². The van der Waals surface area contributed by atoms with Gasteiger partial charge in [0.2, 0.25) is 0 Å². The van der Waals surface area contributed by atoms with Crippen LogP contribution in [0.25, 0.3) is 9.81 Å². The van der Waals surface area contributed by atoms with Crippen LogP contribution in [0.5, 0.6) is 46.0 Å². The molecule has 4 aromatic heterocycles. The van der Waals surface area contributed by atoms with Crippen molar-refractivity contribution in [3.63, 3.8) is 0 Å². The highest BCUT2D eigenvalue weighted by Crippen LogP contribution is 2.60. The van der Waals surface area contributed by atoms with Crippen LogP contribution in [-0.4, -0.2) is 91.4 Å². The first-order valence-corrected chi connectivity index (χ1v) is 30.8. The Bertz CT molecular complexity index is 3850. The van der Waals surface area contributed by atoms with Crippen molar-refractivity contribution < 1.29 is 84.6 Å². The van der Waals surface area contributed by atoms with Gasteiger partial charge in [0.25, 0.3) is 26.5 Å². The number of aliphatic hydroxyl groups excluding tert-OH is 2. The minimum atomic E-state index is -4.54. The van der Waals surface area contributed by atoms with Crippen LogP contribution < -0.4 is 28.0 Å². The van der Waals surface area contributed by atoms with E-state index in [9.17, 15) is 52.0 Å². The molecule has 396 valence electrons. The Morgan fingerprint density at radius 3 is 1.83 bits per heavy atom. The van der Waals surface area contributed by atoms with E-state index in [4.69, 9.17) is 32.6 Å². The van der Waals surface area contributed by atoms with Gasteiger partial charge >= 0.3 is 0 Å². The van der Waals surface area contributed by atoms with E-state index in [0.29, 0.717) is 49.8 Å². The molecular weight excluding hydrogens is 1130 g/mol. The summed E-state index contributed by atoms with van der Waals surface area (Å²) in [5, 5.41) is 66.8.